The Hall–Kier alpha value is -6.43. The van der Waals surface area contributed by atoms with E-state index in [1.54, 1.807) is 53.7 Å². The van der Waals surface area contributed by atoms with Crippen LogP contribution in [0.4, 0.5) is 20.7 Å². The quantitative estimate of drug-likeness (QED) is 0.127. The number of anilines is 2. The number of fused-ring (bicyclic) bond motifs is 2. The fraction of sp³-hybridized carbons (Fsp3) is 0.308. The van der Waals surface area contributed by atoms with Gasteiger partial charge in [-0.3, -0.25) is 9.59 Å². The van der Waals surface area contributed by atoms with Crippen LogP contribution in [-0.4, -0.2) is 89.8 Å². The molecule has 0 saturated carbocycles. The van der Waals surface area contributed by atoms with E-state index in [1.165, 1.54) is 29.5 Å². The summed E-state index contributed by atoms with van der Waals surface area (Å²) in [7, 11) is 0. The normalized spacial score (nSPS) is 19.5. The molecule has 0 spiro atoms. The minimum Gasteiger partial charge on any atom is -0.424 e. The molecule has 4 aromatic heterocycles. The number of hydrogen-bond acceptors (Lipinski definition) is 12. The Balaban J connectivity index is 0.954. The van der Waals surface area contributed by atoms with Crippen molar-refractivity contribution in [1.29, 1.82) is 0 Å². The fourth-order valence-electron chi connectivity index (χ4n) is 10.0. The lowest BCUT2D eigenvalue weighted by atomic mass is 9.78. The van der Waals surface area contributed by atoms with Crippen LogP contribution in [0.25, 0.3) is 43.8 Å². The Morgan fingerprint density at radius 2 is 1.66 bits per heavy atom. The SMILES string of the molecule is Cc1nc(C(=O)N2CCC(c3ccnc(-c4c(C)ccc(F)c4C(=O)N4CCCC(C)C4CNc4nc5cc(Cl)ccc5o4)n3)C(C)C2CNc2ncc3c(Br)cccc3n2)c(-c2ccc(F)cc2)s1. The number of nitrogens with one attached hydrogen (secondary N) is 2. The van der Waals surface area contributed by atoms with Crippen molar-refractivity contribution >= 4 is 84.6 Å². The third-order valence-electron chi connectivity index (χ3n) is 13.7. The molecular formula is C52H48BrClF2N10O3S. The van der Waals surface area contributed by atoms with Crippen molar-refractivity contribution in [2.75, 3.05) is 36.8 Å². The predicted octanol–water partition coefficient (Wildman–Crippen LogP) is 11.8. The summed E-state index contributed by atoms with van der Waals surface area (Å²) < 4.78 is 37.3. The van der Waals surface area contributed by atoms with Gasteiger partial charge in [0.15, 0.2) is 11.4 Å². The molecule has 0 radical (unpaired) electrons. The number of oxazole rings is 1. The predicted molar refractivity (Wildman–Crippen MR) is 272 cm³/mol. The van der Waals surface area contributed by atoms with Gasteiger partial charge in [0.1, 0.15) is 22.8 Å². The summed E-state index contributed by atoms with van der Waals surface area (Å²) >= 11 is 11.2. The van der Waals surface area contributed by atoms with Crippen LogP contribution in [-0.2, 0) is 0 Å². The number of halogens is 4. The number of carbonyl (C=O) groups is 2. The van der Waals surface area contributed by atoms with E-state index in [0.717, 1.165) is 28.2 Å². The molecule has 358 valence electrons. The van der Waals surface area contributed by atoms with Gasteiger partial charge >= 0.3 is 0 Å². The Morgan fingerprint density at radius 1 is 0.857 bits per heavy atom. The molecule has 5 atom stereocenters. The van der Waals surface area contributed by atoms with Gasteiger partial charge < -0.3 is 24.9 Å². The molecule has 10 rings (SSSR count). The van der Waals surface area contributed by atoms with Gasteiger partial charge in [-0.2, -0.15) is 4.98 Å². The second-order valence-electron chi connectivity index (χ2n) is 18.1. The van der Waals surface area contributed by atoms with Crippen LogP contribution in [0.2, 0.25) is 5.02 Å². The second-order valence-corrected chi connectivity index (χ2v) is 20.6. The maximum Gasteiger partial charge on any atom is 0.295 e. The van der Waals surface area contributed by atoms with Crippen molar-refractivity contribution in [3.63, 3.8) is 0 Å². The number of hydrogen-bond donors (Lipinski definition) is 2. The van der Waals surface area contributed by atoms with Gasteiger partial charge in [0.2, 0.25) is 5.95 Å². The van der Waals surface area contributed by atoms with Crippen molar-refractivity contribution in [3.8, 4) is 21.8 Å². The first-order valence-electron chi connectivity index (χ1n) is 23.2. The van der Waals surface area contributed by atoms with Gasteiger partial charge in [0.25, 0.3) is 17.8 Å². The molecule has 2 aliphatic rings. The van der Waals surface area contributed by atoms with Crippen LogP contribution in [0.5, 0.6) is 0 Å². The molecule has 5 unspecified atom stereocenters. The van der Waals surface area contributed by atoms with E-state index in [0.29, 0.717) is 98.6 Å². The molecule has 6 heterocycles. The number of aromatic nitrogens is 6. The number of nitrogens with zero attached hydrogens (tertiary/aromatic N) is 8. The van der Waals surface area contributed by atoms with E-state index in [4.69, 9.17) is 36.0 Å². The Labute approximate surface area is 420 Å². The summed E-state index contributed by atoms with van der Waals surface area (Å²) in [5.74, 6) is -1.37. The van der Waals surface area contributed by atoms with E-state index in [9.17, 15) is 14.0 Å². The summed E-state index contributed by atoms with van der Waals surface area (Å²) in [5.41, 5.74) is 4.56. The molecule has 2 saturated heterocycles. The van der Waals surface area contributed by atoms with Gasteiger partial charge in [0, 0.05) is 70.6 Å². The third-order valence-corrected chi connectivity index (χ3v) is 15.7. The summed E-state index contributed by atoms with van der Waals surface area (Å²) in [6.07, 6.45) is 5.60. The van der Waals surface area contributed by atoms with Crippen molar-refractivity contribution in [1.82, 2.24) is 39.7 Å². The molecule has 4 aromatic carbocycles. The highest BCUT2D eigenvalue weighted by Gasteiger charge is 2.41. The highest BCUT2D eigenvalue weighted by molar-refractivity contribution is 9.10. The van der Waals surface area contributed by atoms with Crippen LogP contribution in [0.3, 0.4) is 0 Å². The Morgan fingerprint density at radius 3 is 2.49 bits per heavy atom. The lowest BCUT2D eigenvalue weighted by molar-refractivity contribution is 0.0488. The number of benzene rings is 4. The average Bonchev–Trinajstić information content (AvgIpc) is 3.96. The molecule has 2 fully saturated rings. The average molecular weight is 1050 g/mol. The number of carbonyl (C=O) groups excluding carboxylic acids is 2. The van der Waals surface area contributed by atoms with Gasteiger partial charge in [-0.05, 0) is 111 Å². The lowest BCUT2D eigenvalue weighted by Crippen LogP contribution is -2.53. The van der Waals surface area contributed by atoms with E-state index < -0.39 is 17.8 Å². The first-order valence-corrected chi connectivity index (χ1v) is 25.2. The number of piperidine rings is 2. The van der Waals surface area contributed by atoms with Gasteiger partial charge in [-0.25, -0.2) is 33.7 Å². The first-order chi connectivity index (χ1) is 33.8. The molecule has 2 N–H and O–H groups in total. The number of rotatable bonds is 11. The van der Waals surface area contributed by atoms with Gasteiger partial charge in [-0.15, -0.1) is 11.3 Å². The monoisotopic (exact) mass is 1040 g/mol. The highest BCUT2D eigenvalue weighted by Crippen LogP contribution is 2.40. The minimum atomic E-state index is -0.660. The van der Waals surface area contributed by atoms with E-state index in [-0.39, 0.29) is 46.9 Å². The Bertz CT molecular complexity index is 3280. The first kappa shape index (κ1) is 47.3. The summed E-state index contributed by atoms with van der Waals surface area (Å²) in [4.78, 5) is 62.5. The standard InChI is InChI=1S/C52H48BrClF2N10O3S/c1-27-7-6-21-65(41(27)25-60-52-64-40-23-32(54)13-17-43(40)69-52)49(67)45-37(56)16-10-28(2)44(45)48-57-20-18-39(62-48)34-19-22-66(50(68)46-47(70-30(4)61-46)31-11-14-33(55)15-12-31)42(29(34)3)26-59-51-58-24-35-36(53)8-5-9-38(35)63-51/h5,8-18,20,23-24,27,29,34,41-42H,6-7,19,21-22,25-26H2,1-4H3,(H,60,64)(H,58,59,63). The van der Waals surface area contributed by atoms with Gasteiger partial charge in [-0.1, -0.05) is 65.6 Å². The molecule has 2 aliphatic heterocycles. The third kappa shape index (κ3) is 9.33. The molecule has 18 heteroatoms. The van der Waals surface area contributed by atoms with Crippen LogP contribution >= 0.6 is 38.9 Å². The minimum absolute atomic E-state index is 0.0822. The fourth-order valence-corrected chi connectivity index (χ4v) is 11.6. The van der Waals surface area contributed by atoms with Crippen LogP contribution in [0.15, 0.2) is 100 Å². The zero-order chi connectivity index (χ0) is 48.8. The van der Waals surface area contributed by atoms with Crippen molar-refractivity contribution in [3.05, 3.63) is 140 Å². The number of likely N-dealkylation sites (tertiary alicyclic amines) is 2. The summed E-state index contributed by atoms with van der Waals surface area (Å²) in [5, 5.41) is 8.84. The Kier molecular flexibility index (Phi) is 13.3. The van der Waals surface area contributed by atoms with Crippen LogP contribution < -0.4 is 10.6 Å². The summed E-state index contributed by atoms with van der Waals surface area (Å²) in [6.45, 7) is 9.29. The molecule has 2 amide bonds. The molecule has 13 nitrogen and oxygen atoms in total. The molecular weight excluding hydrogens is 998 g/mol. The van der Waals surface area contributed by atoms with Crippen molar-refractivity contribution in [2.45, 2.75) is 65.0 Å². The molecule has 8 aromatic rings. The van der Waals surface area contributed by atoms with Crippen molar-refractivity contribution < 1.29 is 22.8 Å². The maximum atomic E-state index is 16.4. The smallest absolute Gasteiger partial charge is 0.295 e. The molecule has 0 bridgehead atoms. The maximum absolute atomic E-state index is 16.4. The van der Waals surface area contributed by atoms with E-state index in [2.05, 4.69) is 50.4 Å². The topological polar surface area (TPSA) is 155 Å². The number of aryl methyl sites for hydroxylation is 2. The number of amides is 2. The van der Waals surface area contributed by atoms with E-state index in [1.807, 2.05) is 43.0 Å². The van der Waals surface area contributed by atoms with Crippen LogP contribution in [0.1, 0.15) is 76.1 Å². The van der Waals surface area contributed by atoms with Crippen molar-refractivity contribution in [2.24, 2.45) is 11.8 Å². The van der Waals surface area contributed by atoms with Crippen LogP contribution in [0, 0.1) is 37.3 Å². The molecule has 70 heavy (non-hydrogen) atoms. The highest BCUT2D eigenvalue weighted by atomic mass is 79.9. The second kappa shape index (κ2) is 19.8. The van der Waals surface area contributed by atoms with Gasteiger partial charge in [0.05, 0.1) is 33.0 Å². The molecule has 0 aliphatic carbocycles. The largest absolute Gasteiger partial charge is 0.424 e. The zero-order valence-corrected chi connectivity index (χ0v) is 41.9. The summed E-state index contributed by atoms with van der Waals surface area (Å²) in [6, 6.07) is 21.5. The zero-order valence-electron chi connectivity index (χ0n) is 38.7. The number of thiazole rings is 1. The lowest BCUT2D eigenvalue weighted by Gasteiger charge is -2.44. The van der Waals surface area contributed by atoms with E-state index >= 15 is 4.39 Å².